The van der Waals surface area contributed by atoms with Crippen LogP contribution in [0.25, 0.3) is 0 Å². The van der Waals surface area contributed by atoms with Gasteiger partial charge in [0.05, 0.1) is 11.6 Å². The van der Waals surface area contributed by atoms with Crippen molar-refractivity contribution in [2.45, 2.75) is 13.8 Å². The minimum atomic E-state index is -0.443. The second-order valence-corrected chi connectivity index (χ2v) is 3.66. The van der Waals surface area contributed by atoms with Gasteiger partial charge in [-0.05, 0) is 25.2 Å². The van der Waals surface area contributed by atoms with E-state index in [1.54, 1.807) is 6.07 Å². The third kappa shape index (κ3) is 4.41. The molecule has 0 fully saturated rings. The largest absolute Gasteiger partial charge is 0.492 e. The number of hydrogen-bond acceptors (Lipinski definition) is 3. The molecule has 4 heteroatoms. The number of nitriles is 1. The van der Waals surface area contributed by atoms with Crippen LogP contribution in [0.3, 0.4) is 0 Å². The molecule has 0 atom stereocenters. The molecule has 1 aromatic rings. The van der Waals surface area contributed by atoms with E-state index in [1.165, 1.54) is 12.1 Å². The van der Waals surface area contributed by atoms with Crippen molar-refractivity contribution >= 4 is 0 Å². The predicted octanol–water partition coefficient (Wildman–Crippen LogP) is 2.42. The molecule has 0 saturated carbocycles. The van der Waals surface area contributed by atoms with Gasteiger partial charge < -0.3 is 9.64 Å². The van der Waals surface area contributed by atoms with E-state index in [4.69, 9.17) is 10.00 Å². The molecule has 0 aliphatic heterocycles. The van der Waals surface area contributed by atoms with E-state index < -0.39 is 5.82 Å². The molecule has 0 amide bonds. The summed E-state index contributed by atoms with van der Waals surface area (Å²) in [7, 11) is 0. The lowest BCUT2D eigenvalue weighted by molar-refractivity contribution is 0.222. The molecule has 1 aromatic carbocycles. The van der Waals surface area contributed by atoms with Crippen molar-refractivity contribution < 1.29 is 9.13 Å². The van der Waals surface area contributed by atoms with Gasteiger partial charge in [-0.2, -0.15) is 5.26 Å². The zero-order valence-electron chi connectivity index (χ0n) is 10.2. The predicted molar refractivity (Wildman–Crippen MR) is 64.4 cm³/mol. The van der Waals surface area contributed by atoms with E-state index in [0.717, 1.165) is 19.6 Å². The molecule has 0 saturated heterocycles. The summed E-state index contributed by atoms with van der Waals surface area (Å²) < 4.78 is 18.5. The Labute approximate surface area is 101 Å². The molecule has 0 spiro atoms. The molecule has 0 aliphatic carbocycles. The number of halogens is 1. The minimum absolute atomic E-state index is 0.280. The van der Waals surface area contributed by atoms with Crippen molar-refractivity contribution in [3.8, 4) is 11.8 Å². The summed E-state index contributed by atoms with van der Waals surface area (Å²) in [5.74, 6) is -0.0319. The van der Waals surface area contributed by atoms with Gasteiger partial charge in [-0.1, -0.05) is 13.8 Å². The molecule has 0 heterocycles. The lowest BCUT2D eigenvalue weighted by atomic mass is 10.2. The first kappa shape index (κ1) is 13.5. The highest BCUT2D eigenvalue weighted by molar-refractivity contribution is 5.36. The first-order chi connectivity index (χ1) is 8.19. The Balaban J connectivity index is 2.52. The van der Waals surface area contributed by atoms with E-state index in [1.807, 2.05) is 6.07 Å². The van der Waals surface area contributed by atoms with Crippen molar-refractivity contribution in [1.29, 1.82) is 5.26 Å². The van der Waals surface area contributed by atoms with Gasteiger partial charge in [0.2, 0.25) is 0 Å². The van der Waals surface area contributed by atoms with Gasteiger partial charge in [0.1, 0.15) is 18.2 Å². The number of ether oxygens (including phenoxy) is 1. The van der Waals surface area contributed by atoms with Gasteiger partial charge >= 0.3 is 0 Å². The van der Waals surface area contributed by atoms with E-state index in [2.05, 4.69) is 18.7 Å². The molecule has 3 nitrogen and oxygen atoms in total. The normalized spacial score (nSPS) is 10.3. The van der Waals surface area contributed by atoms with E-state index in [0.29, 0.717) is 12.4 Å². The number of nitrogens with zero attached hydrogens (tertiary/aromatic N) is 2. The number of hydrogen-bond donors (Lipinski definition) is 0. The van der Waals surface area contributed by atoms with Crippen LogP contribution >= 0.6 is 0 Å². The third-order valence-electron chi connectivity index (χ3n) is 2.57. The lowest BCUT2D eigenvalue weighted by Crippen LogP contribution is -2.27. The van der Waals surface area contributed by atoms with Crippen LogP contribution in [-0.2, 0) is 0 Å². The first-order valence-corrected chi connectivity index (χ1v) is 5.75. The Kier molecular flexibility index (Phi) is 5.44. The standard InChI is InChI=1S/C13H17FN2O/c1-3-16(4-2)5-6-17-13-8-11(10-15)7-12(14)9-13/h7-9H,3-6H2,1-2H3. The van der Waals surface area contributed by atoms with Gasteiger partial charge in [0.25, 0.3) is 0 Å². The van der Waals surface area contributed by atoms with Gasteiger partial charge in [0, 0.05) is 12.6 Å². The van der Waals surface area contributed by atoms with Crippen molar-refractivity contribution in [1.82, 2.24) is 4.90 Å². The zero-order valence-corrected chi connectivity index (χ0v) is 10.2. The summed E-state index contributed by atoms with van der Waals surface area (Å²) >= 11 is 0. The highest BCUT2D eigenvalue weighted by atomic mass is 19.1. The van der Waals surface area contributed by atoms with E-state index >= 15 is 0 Å². The Bertz CT molecular complexity index is 397. The van der Waals surface area contributed by atoms with E-state index in [9.17, 15) is 4.39 Å². The Morgan fingerprint density at radius 1 is 1.29 bits per heavy atom. The maximum absolute atomic E-state index is 13.1. The van der Waals surface area contributed by atoms with Crippen molar-refractivity contribution in [2.75, 3.05) is 26.2 Å². The second kappa shape index (κ2) is 6.87. The number of likely N-dealkylation sites (N-methyl/N-ethyl adjacent to an activating group) is 1. The second-order valence-electron chi connectivity index (χ2n) is 3.66. The summed E-state index contributed by atoms with van der Waals surface area (Å²) in [6.07, 6.45) is 0. The molecule has 92 valence electrons. The molecule has 0 aromatic heterocycles. The first-order valence-electron chi connectivity index (χ1n) is 5.75. The van der Waals surface area contributed by atoms with Gasteiger partial charge in [0.15, 0.2) is 0 Å². The molecular weight excluding hydrogens is 219 g/mol. The topological polar surface area (TPSA) is 36.3 Å². The van der Waals surface area contributed by atoms with Crippen molar-refractivity contribution in [3.63, 3.8) is 0 Å². The lowest BCUT2D eigenvalue weighted by Gasteiger charge is -2.18. The Morgan fingerprint density at radius 3 is 2.59 bits per heavy atom. The minimum Gasteiger partial charge on any atom is -0.492 e. The average Bonchev–Trinajstić information content (AvgIpc) is 2.34. The van der Waals surface area contributed by atoms with Crippen LogP contribution < -0.4 is 4.74 Å². The molecule has 0 bridgehead atoms. The fraction of sp³-hybridized carbons (Fsp3) is 0.462. The number of rotatable bonds is 6. The van der Waals surface area contributed by atoms with Gasteiger partial charge in [-0.25, -0.2) is 4.39 Å². The quantitative estimate of drug-likeness (QED) is 0.761. The fourth-order valence-electron chi connectivity index (χ4n) is 1.54. The molecule has 0 unspecified atom stereocenters. The van der Waals surface area contributed by atoms with Crippen LogP contribution in [0.5, 0.6) is 5.75 Å². The summed E-state index contributed by atoms with van der Waals surface area (Å²) in [4.78, 5) is 2.21. The maximum Gasteiger partial charge on any atom is 0.128 e. The maximum atomic E-state index is 13.1. The smallest absolute Gasteiger partial charge is 0.128 e. The highest BCUT2D eigenvalue weighted by Gasteiger charge is 2.03. The van der Waals surface area contributed by atoms with Crippen LogP contribution in [0.1, 0.15) is 19.4 Å². The molecule has 1 rings (SSSR count). The van der Waals surface area contributed by atoms with Crippen LogP contribution in [0, 0.1) is 17.1 Å². The molecule has 0 radical (unpaired) electrons. The van der Waals surface area contributed by atoms with Crippen LogP contribution in [0.15, 0.2) is 18.2 Å². The average molecular weight is 236 g/mol. The molecule has 0 N–H and O–H groups in total. The van der Waals surface area contributed by atoms with Crippen LogP contribution in [0.4, 0.5) is 4.39 Å². The summed E-state index contributed by atoms with van der Waals surface area (Å²) in [5, 5.41) is 8.70. The molecule has 17 heavy (non-hydrogen) atoms. The highest BCUT2D eigenvalue weighted by Crippen LogP contribution is 2.15. The van der Waals surface area contributed by atoms with Gasteiger partial charge in [-0.15, -0.1) is 0 Å². The Hall–Kier alpha value is -1.60. The van der Waals surface area contributed by atoms with Crippen LogP contribution in [0.2, 0.25) is 0 Å². The fourth-order valence-corrected chi connectivity index (χ4v) is 1.54. The van der Waals surface area contributed by atoms with E-state index in [-0.39, 0.29) is 5.56 Å². The van der Waals surface area contributed by atoms with Gasteiger partial charge in [-0.3, -0.25) is 0 Å². The monoisotopic (exact) mass is 236 g/mol. The third-order valence-corrected chi connectivity index (χ3v) is 2.57. The van der Waals surface area contributed by atoms with Crippen molar-refractivity contribution in [3.05, 3.63) is 29.6 Å². The van der Waals surface area contributed by atoms with Crippen LogP contribution in [-0.4, -0.2) is 31.1 Å². The van der Waals surface area contributed by atoms with Crippen molar-refractivity contribution in [2.24, 2.45) is 0 Å². The summed E-state index contributed by atoms with van der Waals surface area (Å²) in [6, 6.07) is 5.93. The zero-order chi connectivity index (χ0) is 12.7. The molecule has 0 aliphatic rings. The SMILES string of the molecule is CCN(CC)CCOc1cc(F)cc(C#N)c1. The number of benzene rings is 1. The summed E-state index contributed by atoms with van der Waals surface area (Å²) in [6.45, 7) is 7.39. The Morgan fingerprint density at radius 2 is 2.00 bits per heavy atom. The molecular formula is C13H17FN2O. The summed E-state index contributed by atoms with van der Waals surface area (Å²) in [5.41, 5.74) is 0.280.